The fraction of sp³-hybridized carbons (Fsp3) is 1.00. The zero-order chi connectivity index (χ0) is 12.3. The number of hydrogen-bond donors (Lipinski definition) is 2. The lowest BCUT2D eigenvalue weighted by Crippen LogP contribution is -2.14. The van der Waals surface area contributed by atoms with E-state index in [2.05, 4.69) is 7.54 Å². The average Bonchev–Trinajstić information content (AvgIpc) is 1.73. The minimum absolute atomic E-state index is 0.640. The molecular formula is C3H10N2O6S4. The van der Waals surface area contributed by atoms with Crippen LogP contribution in [-0.2, 0) is 42.0 Å². The summed E-state index contributed by atoms with van der Waals surface area (Å²) in [7, 11) is -6.35. The molecule has 0 amide bonds. The van der Waals surface area contributed by atoms with Crippen LogP contribution in [0.25, 0.3) is 0 Å². The summed E-state index contributed by atoms with van der Waals surface area (Å²) in [5, 5.41) is -0.640. The van der Waals surface area contributed by atoms with Crippen LogP contribution in [0.4, 0.5) is 0 Å². The van der Waals surface area contributed by atoms with E-state index in [-0.39, 0.29) is 0 Å². The molecule has 0 aromatic heterocycles. The third-order valence-electron chi connectivity index (χ3n) is 0.880. The zero-order valence-corrected chi connectivity index (χ0v) is 11.0. The first-order chi connectivity index (χ1) is 6.54. The lowest BCUT2D eigenvalue weighted by atomic mass is 11.9. The van der Waals surface area contributed by atoms with Gasteiger partial charge in [0.25, 0.3) is 22.5 Å². The van der Waals surface area contributed by atoms with Crippen molar-refractivity contribution >= 4 is 42.0 Å². The van der Waals surface area contributed by atoms with Gasteiger partial charge in [0.15, 0.2) is 0 Å². The first kappa shape index (κ1) is 15.1. The van der Waals surface area contributed by atoms with Gasteiger partial charge in [0, 0.05) is 12.5 Å². The maximum absolute atomic E-state index is 11.5. The Bertz CT molecular complexity index is 460. The van der Waals surface area contributed by atoms with E-state index in [4.69, 9.17) is 9.11 Å². The normalized spacial score (nSPS) is 23.2. The van der Waals surface area contributed by atoms with Crippen LogP contribution in [0.15, 0.2) is 7.54 Å². The molecule has 15 heavy (non-hydrogen) atoms. The molecule has 0 aromatic rings. The standard InChI is InChI=1S/C3H10N2O6S4/c1-14(10,4-12(6)7)3-15(2,11)5-13(8)9/h3H2,1-2H3,(H,6,7)(H,8,9). The Morgan fingerprint density at radius 3 is 1.47 bits per heavy atom. The summed E-state index contributed by atoms with van der Waals surface area (Å²) in [5.41, 5.74) is 0. The minimum Gasteiger partial charge on any atom is -0.287 e. The van der Waals surface area contributed by atoms with Crippen LogP contribution < -0.4 is 0 Å². The highest BCUT2D eigenvalue weighted by molar-refractivity contribution is 8.13. The third kappa shape index (κ3) is 7.98. The van der Waals surface area contributed by atoms with Crippen molar-refractivity contribution < 1.29 is 25.9 Å². The first-order valence-corrected chi connectivity index (χ1v) is 9.47. The van der Waals surface area contributed by atoms with Gasteiger partial charge in [-0.3, -0.25) is 9.11 Å². The highest BCUT2D eigenvalue weighted by Crippen LogP contribution is 2.02. The Morgan fingerprint density at radius 1 is 1.00 bits per heavy atom. The van der Waals surface area contributed by atoms with Crippen molar-refractivity contribution in [2.24, 2.45) is 7.54 Å². The van der Waals surface area contributed by atoms with Crippen LogP contribution in [0.2, 0.25) is 0 Å². The van der Waals surface area contributed by atoms with E-state index in [9.17, 15) is 16.8 Å². The van der Waals surface area contributed by atoms with Gasteiger partial charge >= 0.3 is 0 Å². The second-order valence-corrected chi connectivity index (χ2v) is 9.54. The van der Waals surface area contributed by atoms with Crippen LogP contribution >= 0.6 is 0 Å². The summed E-state index contributed by atoms with van der Waals surface area (Å²) in [6.07, 6.45) is 2.03. The van der Waals surface area contributed by atoms with Gasteiger partial charge in [0.2, 0.25) is 0 Å². The van der Waals surface area contributed by atoms with Crippen molar-refractivity contribution in [3.05, 3.63) is 0 Å². The van der Waals surface area contributed by atoms with Crippen molar-refractivity contribution in [2.45, 2.75) is 0 Å². The number of hydrogen-bond acceptors (Lipinski definition) is 4. The molecule has 8 nitrogen and oxygen atoms in total. The molecule has 4 unspecified atom stereocenters. The highest BCUT2D eigenvalue weighted by Gasteiger charge is 2.13. The Balaban J connectivity index is 5.24. The van der Waals surface area contributed by atoms with Crippen molar-refractivity contribution in [1.29, 1.82) is 0 Å². The van der Waals surface area contributed by atoms with Crippen LogP contribution in [0, 0.1) is 0 Å². The van der Waals surface area contributed by atoms with E-state index < -0.39 is 47.1 Å². The fourth-order valence-corrected chi connectivity index (χ4v) is 7.24. The molecule has 0 fully saturated rings. The topological polar surface area (TPSA) is 133 Å². The smallest absolute Gasteiger partial charge is 0.287 e. The maximum atomic E-state index is 11.5. The summed E-state index contributed by atoms with van der Waals surface area (Å²) in [6, 6.07) is 0. The molecule has 0 saturated carbocycles. The van der Waals surface area contributed by atoms with Gasteiger partial charge in [-0.25, -0.2) is 16.8 Å². The molecule has 0 radical (unpaired) electrons. The summed E-state index contributed by atoms with van der Waals surface area (Å²) < 4.78 is 66.0. The minimum atomic E-state index is -3.17. The maximum Gasteiger partial charge on any atom is 0.290 e. The molecule has 0 aliphatic rings. The summed E-state index contributed by atoms with van der Waals surface area (Å²) in [4.78, 5) is 0. The number of nitrogens with zero attached hydrogens (tertiary/aromatic N) is 2. The summed E-state index contributed by atoms with van der Waals surface area (Å²) in [6.45, 7) is 0. The van der Waals surface area contributed by atoms with Crippen molar-refractivity contribution in [3.63, 3.8) is 0 Å². The van der Waals surface area contributed by atoms with Gasteiger partial charge in [0.1, 0.15) is 5.08 Å². The first-order valence-electron chi connectivity index (χ1n) is 3.16. The van der Waals surface area contributed by atoms with E-state index >= 15 is 0 Å². The molecule has 0 aliphatic carbocycles. The molecule has 0 heterocycles. The predicted octanol–water partition coefficient (Wildman–Crippen LogP) is -0.587. The van der Waals surface area contributed by atoms with E-state index in [1.165, 1.54) is 0 Å². The molecule has 0 spiro atoms. The summed E-state index contributed by atoms with van der Waals surface area (Å²) >= 11 is -5.28. The van der Waals surface area contributed by atoms with Gasteiger partial charge in [-0.2, -0.15) is 0 Å². The fourth-order valence-electron chi connectivity index (χ4n) is 0.719. The molecule has 0 aliphatic heterocycles. The zero-order valence-electron chi connectivity index (χ0n) is 7.76. The highest BCUT2D eigenvalue weighted by atomic mass is 32.3. The Morgan fingerprint density at radius 2 is 1.27 bits per heavy atom. The van der Waals surface area contributed by atoms with E-state index in [0.717, 1.165) is 12.5 Å². The van der Waals surface area contributed by atoms with Crippen LogP contribution in [0.3, 0.4) is 0 Å². The molecule has 0 aromatic carbocycles. The molecule has 12 heteroatoms. The van der Waals surface area contributed by atoms with E-state index in [0.29, 0.717) is 0 Å². The molecule has 92 valence electrons. The molecule has 0 bridgehead atoms. The lowest BCUT2D eigenvalue weighted by Gasteiger charge is -2.03. The molecule has 2 N–H and O–H groups in total. The van der Waals surface area contributed by atoms with Crippen LogP contribution in [0.5, 0.6) is 0 Å². The van der Waals surface area contributed by atoms with Crippen LogP contribution in [0.1, 0.15) is 0 Å². The molecular weight excluding hydrogens is 288 g/mol. The van der Waals surface area contributed by atoms with Gasteiger partial charge in [-0.1, -0.05) is 0 Å². The Kier molecular flexibility index (Phi) is 5.49. The van der Waals surface area contributed by atoms with Crippen LogP contribution in [-0.4, -0.2) is 43.5 Å². The van der Waals surface area contributed by atoms with Gasteiger partial charge in [-0.15, -0.1) is 7.54 Å². The second kappa shape index (κ2) is 5.45. The van der Waals surface area contributed by atoms with Crippen molar-refractivity contribution in [3.8, 4) is 0 Å². The largest absolute Gasteiger partial charge is 0.290 e. The average molecular weight is 298 g/mol. The molecule has 4 atom stereocenters. The van der Waals surface area contributed by atoms with E-state index in [1.54, 1.807) is 0 Å². The van der Waals surface area contributed by atoms with Gasteiger partial charge < -0.3 is 0 Å². The molecule has 0 rings (SSSR count). The second-order valence-electron chi connectivity index (χ2n) is 2.65. The quantitative estimate of drug-likeness (QED) is 0.666. The molecule has 0 saturated heterocycles. The Hall–Kier alpha value is 0.120. The SMILES string of the molecule is CS(=O)(CS(C)(=O)=NS(=O)O)=NS(=O)O. The monoisotopic (exact) mass is 298 g/mol. The number of rotatable bonds is 4. The van der Waals surface area contributed by atoms with Gasteiger partial charge in [-0.05, 0) is 0 Å². The third-order valence-corrected chi connectivity index (χ3v) is 7.92. The lowest BCUT2D eigenvalue weighted by molar-refractivity contribution is 0.565. The van der Waals surface area contributed by atoms with E-state index in [1.807, 2.05) is 0 Å². The Labute approximate surface area is 93.1 Å². The van der Waals surface area contributed by atoms with Crippen molar-refractivity contribution in [1.82, 2.24) is 0 Å². The summed E-state index contributed by atoms with van der Waals surface area (Å²) in [5.74, 6) is 0. The van der Waals surface area contributed by atoms with Gasteiger partial charge in [0.05, 0.1) is 19.5 Å². The predicted molar refractivity (Wildman–Crippen MR) is 59.4 cm³/mol. The van der Waals surface area contributed by atoms with Crippen molar-refractivity contribution in [2.75, 3.05) is 17.6 Å².